The predicted octanol–water partition coefficient (Wildman–Crippen LogP) is 2.41. The smallest absolute Gasteiger partial charge is 0.213 e. The van der Waals surface area contributed by atoms with E-state index < -0.39 is 0 Å². The third kappa shape index (κ3) is 2.71. The highest BCUT2D eigenvalue weighted by atomic mass is 16.5. The zero-order valence-electron chi connectivity index (χ0n) is 10.4. The van der Waals surface area contributed by atoms with Crippen LogP contribution in [-0.4, -0.2) is 22.4 Å². The summed E-state index contributed by atoms with van der Waals surface area (Å²) >= 11 is 0. The maximum Gasteiger partial charge on any atom is 0.213 e. The number of hydrogen-bond donors (Lipinski definition) is 0. The van der Waals surface area contributed by atoms with Crippen LogP contribution in [0.25, 0.3) is 0 Å². The summed E-state index contributed by atoms with van der Waals surface area (Å²) in [6.07, 6.45) is 4.74. The third-order valence-corrected chi connectivity index (χ3v) is 2.43. The van der Waals surface area contributed by atoms with E-state index in [-0.39, 0.29) is 5.78 Å². The Morgan fingerprint density at radius 1 is 1.33 bits per heavy atom. The van der Waals surface area contributed by atoms with E-state index in [0.717, 1.165) is 5.56 Å². The number of aromatic nitrogens is 2. The average Bonchev–Trinajstić information content (AvgIpc) is 2.39. The number of rotatable bonds is 4. The van der Waals surface area contributed by atoms with Crippen molar-refractivity contribution in [3.05, 3.63) is 53.6 Å². The van der Waals surface area contributed by atoms with Gasteiger partial charge in [-0.2, -0.15) is 0 Å². The van der Waals surface area contributed by atoms with Gasteiger partial charge in [0.05, 0.1) is 12.8 Å². The van der Waals surface area contributed by atoms with Crippen LogP contribution in [0.5, 0.6) is 5.75 Å². The van der Waals surface area contributed by atoms with Crippen molar-refractivity contribution in [3.8, 4) is 5.75 Å². The van der Waals surface area contributed by atoms with Gasteiger partial charge in [0.25, 0.3) is 0 Å². The molecule has 0 bridgehead atoms. The maximum atomic E-state index is 12.2. The Labute approximate surface area is 106 Å². The highest BCUT2D eigenvalue weighted by molar-refractivity contribution is 6.07. The summed E-state index contributed by atoms with van der Waals surface area (Å²) in [6, 6.07) is 5.30. The summed E-state index contributed by atoms with van der Waals surface area (Å²) in [7, 11) is 0. The van der Waals surface area contributed by atoms with Crippen LogP contribution in [0.2, 0.25) is 0 Å². The second kappa shape index (κ2) is 5.40. The summed E-state index contributed by atoms with van der Waals surface area (Å²) in [6.45, 7) is 4.35. The molecule has 0 radical (unpaired) electrons. The number of ether oxygens (including phenoxy) is 1. The molecule has 2 rings (SSSR count). The lowest BCUT2D eigenvalue weighted by Gasteiger charge is -2.05. The zero-order valence-corrected chi connectivity index (χ0v) is 10.4. The van der Waals surface area contributed by atoms with Gasteiger partial charge in [-0.3, -0.25) is 14.8 Å². The molecule has 18 heavy (non-hydrogen) atoms. The van der Waals surface area contributed by atoms with Gasteiger partial charge in [0, 0.05) is 18.0 Å². The molecular formula is C14H14N2O2. The molecule has 0 saturated heterocycles. The first-order valence-corrected chi connectivity index (χ1v) is 5.76. The summed E-state index contributed by atoms with van der Waals surface area (Å²) in [5.74, 6) is 0.448. The van der Waals surface area contributed by atoms with Gasteiger partial charge in [0.1, 0.15) is 11.4 Å². The van der Waals surface area contributed by atoms with Crippen molar-refractivity contribution in [2.45, 2.75) is 13.8 Å². The van der Waals surface area contributed by atoms with Crippen LogP contribution in [0.15, 0.2) is 36.8 Å². The first-order valence-electron chi connectivity index (χ1n) is 5.76. The van der Waals surface area contributed by atoms with Gasteiger partial charge in [0.15, 0.2) is 0 Å². The third-order valence-electron chi connectivity index (χ3n) is 2.43. The molecule has 0 aliphatic heterocycles. The lowest BCUT2D eigenvalue weighted by molar-refractivity contribution is 0.103. The van der Waals surface area contributed by atoms with E-state index >= 15 is 0 Å². The molecule has 2 aromatic rings. The van der Waals surface area contributed by atoms with Crippen LogP contribution in [0, 0.1) is 6.92 Å². The maximum absolute atomic E-state index is 12.2. The molecule has 0 aromatic carbocycles. The van der Waals surface area contributed by atoms with Crippen LogP contribution in [0.1, 0.15) is 28.5 Å². The number of hydrogen-bond acceptors (Lipinski definition) is 4. The molecule has 92 valence electrons. The Hall–Kier alpha value is -2.23. The number of carbonyl (C=O) groups is 1. The zero-order chi connectivity index (χ0) is 13.0. The molecule has 0 fully saturated rings. The fraction of sp³-hybridized carbons (Fsp3) is 0.214. The van der Waals surface area contributed by atoms with Crippen molar-refractivity contribution in [2.75, 3.05) is 6.61 Å². The van der Waals surface area contributed by atoms with Crippen molar-refractivity contribution in [3.63, 3.8) is 0 Å². The average molecular weight is 242 g/mol. The van der Waals surface area contributed by atoms with E-state index in [1.54, 1.807) is 24.5 Å². The van der Waals surface area contributed by atoms with Gasteiger partial charge in [-0.25, -0.2) is 0 Å². The Morgan fingerprint density at radius 3 is 2.89 bits per heavy atom. The van der Waals surface area contributed by atoms with E-state index in [1.165, 1.54) is 6.20 Å². The minimum atomic E-state index is -0.146. The van der Waals surface area contributed by atoms with Crippen LogP contribution in [0.4, 0.5) is 0 Å². The Morgan fingerprint density at radius 2 is 2.17 bits per heavy atom. The topological polar surface area (TPSA) is 52.1 Å². The second-order valence-corrected chi connectivity index (χ2v) is 3.89. The minimum absolute atomic E-state index is 0.146. The number of ketones is 1. The van der Waals surface area contributed by atoms with Crippen LogP contribution in [0.3, 0.4) is 0 Å². The van der Waals surface area contributed by atoms with Crippen LogP contribution < -0.4 is 4.74 Å². The van der Waals surface area contributed by atoms with Gasteiger partial charge in [-0.1, -0.05) is 0 Å². The fourth-order valence-electron chi connectivity index (χ4n) is 1.60. The van der Waals surface area contributed by atoms with E-state index in [9.17, 15) is 4.79 Å². The molecule has 2 aromatic heterocycles. The van der Waals surface area contributed by atoms with Gasteiger partial charge in [-0.15, -0.1) is 0 Å². The van der Waals surface area contributed by atoms with E-state index in [4.69, 9.17) is 4.74 Å². The van der Waals surface area contributed by atoms with E-state index in [0.29, 0.717) is 23.6 Å². The van der Waals surface area contributed by atoms with Gasteiger partial charge in [0.2, 0.25) is 5.78 Å². The molecule has 0 N–H and O–H groups in total. The van der Waals surface area contributed by atoms with Crippen molar-refractivity contribution in [2.24, 2.45) is 0 Å². The highest BCUT2D eigenvalue weighted by Gasteiger charge is 2.11. The number of carbonyl (C=O) groups excluding carboxylic acids is 1. The number of nitrogens with zero attached hydrogens (tertiary/aromatic N) is 2. The van der Waals surface area contributed by atoms with Crippen molar-refractivity contribution in [1.29, 1.82) is 0 Å². The lowest BCUT2D eigenvalue weighted by Crippen LogP contribution is -2.05. The Kier molecular flexibility index (Phi) is 3.67. The number of pyridine rings is 2. The first-order chi connectivity index (χ1) is 8.70. The lowest BCUT2D eigenvalue weighted by atomic mass is 10.1. The molecule has 0 unspecified atom stereocenters. The molecule has 0 atom stereocenters. The molecule has 4 heteroatoms. The first kappa shape index (κ1) is 12.2. The van der Waals surface area contributed by atoms with Crippen LogP contribution >= 0.6 is 0 Å². The Bertz CT molecular complexity index is 567. The summed E-state index contributed by atoms with van der Waals surface area (Å²) in [5, 5.41) is 0. The molecule has 0 aliphatic rings. The second-order valence-electron chi connectivity index (χ2n) is 3.89. The molecule has 0 aliphatic carbocycles. The molecule has 0 spiro atoms. The predicted molar refractivity (Wildman–Crippen MR) is 67.8 cm³/mol. The molecule has 2 heterocycles. The van der Waals surface area contributed by atoms with Gasteiger partial charge in [-0.05, 0) is 37.6 Å². The SMILES string of the molecule is CCOc1cncc(C(=O)c2cc(C)ccn2)c1. The fourth-order valence-corrected chi connectivity index (χ4v) is 1.60. The molecule has 0 amide bonds. The monoisotopic (exact) mass is 242 g/mol. The largest absolute Gasteiger partial charge is 0.492 e. The normalized spacial score (nSPS) is 10.1. The Balaban J connectivity index is 2.31. The number of aryl methyl sites for hydroxylation is 1. The van der Waals surface area contributed by atoms with Gasteiger partial charge < -0.3 is 4.74 Å². The summed E-state index contributed by atoms with van der Waals surface area (Å²) < 4.78 is 5.32. The van der Waals surface area contributed by atoms with Crippen LogP contribution in [-0.2, 0) is 0 Å². The minimum Gasteiger partial charge on any atom is -0.492 e. The molecule has 0 saturated carbocycles. The summed E-state index contributed by atoms with van der Waals surface area (Å²) in [5.41, 5.74) is 1.91. The highest BCUT2D eigenvalue weighted by Crippen LogP contribution is 2.14. The molecular weight excluding hydrogens is 228 g/mol. The van der Waals surface area contributed by atoms with E-state index in [1.807, 2.05) is 19.9 Å². The van der Waals surface area contributed by atoms with Gasteiger partial charge >= 0.3 is 0 Å². The van der Waals surface area contributed by atoms with E-state index in [2.05, 4.69) is 9.97 Å². The summed E-state index contributed by atoms with van der Waals surface area (Å²) in [4.78, 5) is 20.3. The molecule has 4 nitrogen and oxygen atoms in total. The van der Waals surface area contributed by atoms with Crippen molar-refractivity contribution in [1.82, 2.24) is 9.97 Å². The van der Waals surface area contributed by atoms with Crippen molar-refractivity contribution >= 4 is 5.78 Å². The quantitative estimate of drug-likeness (QED) is 0.772. The standard InChI is InChI=1S/C14H14N2O2/c1-3-18-12-7-11(8-15-9-12)14(17)13-6-10(2)4-5-16-13/h4-9H,3H2,1-2H3. The van der Waals surface area contributed by atoms with Crippen molar-refractivity contribution < 1.29 is 9.53 Å².